The van der Waals surface area contributed by atoms with Crippen LogP contribution < -0.4 is 10.0 Å². The van der Waals surface area contributed by atoms with Crippen LogP contribution in [0.5, 0.6) is 0 Å². The summed E-state index contributed by atoms with van der Waals surface area (Å²) in [6.45, 7) is 1.30. The van der Waals surface area contributed by atoms with Crippen molar-refractivity contribution in [2.75, 3.05) is 13.7 Å². The van der Waals surface area contributed by atoms with Gasteiger partial charge in [0, 0.05) is 13.2 Å². The van der Waals surface area contributed by atoms with Crippen LogP contribution in [-0.4, -0.2) is 34.2 Å². The van der Waals surface area contributed by atoms with E-state index in [-0.39, 0.29) is 12.1 Å². The quantitative estimate of drug-likeness (QED) is 0.830. The number of rotatable bonds is 6. The van der Waals surface area contributed by atoms with E-state index in [4.69, 9.17) is 4.74 Å². The fraction of sp³-hybridized carbons (Fsp3) is 0.600. The molecule has 0 radical (unpaired) electrons. The molecule has 2 aliphatic rings. The van der Waals surface area contributed by atoms with Gasteiger partial charge in [-0.1, -0.05) is 12.1 Å². The summed E-state index contributed by atoms with van der Waals surface area (Å²) in [6, 6.07) is 6.98. The van der Waals surface area contributed by atoms with E-state index in [1.807, 2.05) is 13.1 Å². The smallest absolute Gasteiger partial charge is 0.240 e. The fourth-order valence-corrected chi connectivity index (χ4v) is 4.27. The van der Waals surface area contributed by atoms with Gasteiger partial charge in [-0.15, -0.1) is 0 Å². The Morgan fingerprint density at radius 2 is 2.10 bits per heavy atom. The third kappa shape index (κ3) is 3.45. The van der Waals surface area contributed by atoms with Crippen LogP contribution in [0.4, 0.5) is 0 Å². The highest BCUT2D eigenvalue weighted by molar-refractivity contribution is 7.89. The predicted molar refractivity (Wildman–Crippen MR) is 80.4 cm³/mol. The second kappa shape index (κ2) is 6.04. The zero-order valence-corrected chi connectivity index (χ0v) is 13.0. The summed E-state index contributed by atoms with van der Waals surface area (Å²) in [5.74, 6) is 0.538. The first-order valence-corrected chi connectivity index (χ1v) is 8.96. The summed E-state index contributed by atoms with van der Waals surface area (Å²) in [6.07, 6.45) is 3.12. The Morgan fingerprint density at radius 1 is 1.29 bits per heavy atom. The van der Waals surface area contributed by atoms with Crippen LogP contribution in [-0.2, 0) is 21.3 Å². The standard InChI is InChI=1S/C15H22N2O3S/c1-16-10-11-3-2-4-13(9-11)21(18,19)17-14-7-8-20-15(14)12-5-6-12/h2-4,9,12,14-17H,5-8,10H2,1H3. The molecule has 1 saturated carbocycles. The lowest BCUT2D eigenvalue weighted by molar-refractivity contribution is 0.0848. The van der Waals surface area contributed by atoms with E-state index in [2.05, 4.69) is 10.0 Å². The van der Waals surface area contributed by atoms with Gasteiger partial charge in [0.05, 0.1) is 17.0 Å². The van der Waals surface area contributed by atoms with Crippen molar-refractivity contribution in [3.05, 3.63) is 29.8 Å². The van der Waals surface area contributed by atoms with Crippen molar-refractivity contribution in [3.8, 4) is 0 Å². The van der Waals surface area contributed by atoms with E-state index in [0.717, 1.165) is 24.8 Å². The average molecular weight is 310 g/mol. The number of ether oxygens (including phenoxy) is 1. The number of hydrogen-bond donors (Lipinski definition) is 2. The summed E-state index contributed by atoms with van der Waals surface area (Å²) < 4.78 is 33.6. The first-order valence-electron chi connectivity index (χ1n) is 7.47. The first-order chi connectivity index (χ1) is 10.1. The van der Waals surface area contributed by atoms with E-state index in [0.29, 0.717) is 24.0 Å². The predicted octanol–water partition coefficient (Wildman–Crippen LogP) is 1.25. The lowest BCUT2D eigenvalue weighted by Gasteiger charge is -2.19. The maximum Gasteiger partial charge on any atom is 0.240 e. The molecular formula is C15H22N2O3S. The first kappa shape index (κ1) is 15.0. The van der Waals surface area contributed by atoms with E-state index in [1.54, 1.807) is 18.2 Å². The van der Waals surface area contributed by atoms with Crippen molar-refractivity contribution >= 4 is 10.0 Å². The van der Waals surface area contributed by atoms with Crippen LogP contribution in [0.2, 0.25) is 0 Å². The van der Waals surface area contributed by atoms with Crippen molar-refractivity contribution in [1.29, 1.82) is 0 Å². The molecule has 6 heteroatoms. The summed E-state index contributed by atoms with van der Waals surface area (Å²) in [7, 11) is -1.64. The van der Waals surface area contributed by atoms with Gasteiger partial charge in [-0.05, 0) is 49.9 Å². The SMILES string of the molecule is CNCc1cccc(S(=O)(=O)NC2CCOC2C2CC2)c1. The minimum Gasteiger partial charge on any atom is -0.376 e. The molecule has 1 aliphatic heterocycles. The number of benzene rings is 1. The largest absolute Gasteiger partial charge is 0.376 e. The van der Waals surface area contributed by atoms with Gasteiger partial charge in [0.25, 0.3) is 0 Å². The number of hydrogen-bond acceptors (Lipinski definition) is 4. The highest BCUT2D eigenvalue weighted by Gasteiger charge is 2.42. The Morgan fingerprint density at radius 3 is 2.81 bits per heavy atom. The van der Waals surface area contributed by atoms with Crippen LogP contribution in [0.1, 0.15) is 24.8 Å². The lowest BCUT2D eigenvalue weighted by Crippen LogP contribution is -2.41. The van der Waals surface area contributed by atoms with Gasteiger partial charge in [-0.25, -0.2) is 13.1 Å². The molecule has 2 N–H and O–H groups in total. The van der Waals surface area contributed by atoms with Gasteiger partial charge < -0.3 is 10.1 Å². The van der Waals surface area contributed by atoms with Gasteiger partial charge >= 0.3 is 0 Å². The third-order valence-corrected chi connectivity index (χ3v) is 5.61. The minimum absolute atomic E-state index is 0.0558. The second-order valence-corrected chi connectivity index (χ2v) is 7.58. The molecule has 3 rings (SSSR count). The zero-order chi connectivity index (χ0) is 14.9. The summed E-state index contributed by atoms with van der Waals surface area (Å²) in [5.41, 5.74) is 0.960. The molecule has 5 nitrogen and oxygen atoms in total. The van der Waals surface area contributed by atoms with E-state index in [9.17, 15) is 8.42 Å². The molecule has 1 aromatic carbocycles. The van der Waals surface area contributed by atoms with Gasteiger partial charge in [-0.3, -0.25) is 0 Å². The van der Waals surface area contributed by atoms with Crippen molar-refractivity contribution in [1.82, 2.24) is 10.0 Å². The van der Waals surface area contributed by atoms with Crippen LogP contribution in [0.3, 0.4) is 0 Å². The monoisotopic (exact) mass is 310 g/mol. The van der Waals surface area contributed by atoms with E-state index in [1.165, 1.54) is 0 Å². The Labute approximate surface area is 126 Å². The Kier molecular flexibility index (Phi) is 4.31. The molecular weight excluding hydrogens is 288 g/mol. The van der Waals surface area contributed by atoms with Gasteiger partial charge in [0.1, 0.15) is 0 Å². The summed E-state index contributed by atoms with van der Waals surface area (Å²) >= 11 is 0. The molecule has 1 aliphatic carbocycles. The number of nitrogens with one attached hydrogen (secondary N) is 2. The maximum atomic E-state index is 12.5. The lowest BCUT2D eigenvalue weighted by atomic mass is 10.1. The molecule has 0 aromatic heterocycles. The molecule has 2 unspecified atom stereocenters. The normalized spacial score (nSPS) is 26.1. The summed E-state index contributed by atoms with van der Waals surface area (Å²) in [4.78, 5) is 0.330. The van der Waals surface area contributed by atoms with Crippen LogP contribution in [0.15, 0.2) is 29.2 Å². The number of sulfonamides is 1. The second-order valence-electron chi connectivity index (χ2n) is 5.87. The van der Waals surface area contributed by atoms with Crippen LogP contribution in [0.25, 0.3) is 0 Å². The molecule has 0 amide bonds. The van der Waals surface area contributed by atoms with Crippen LogP contribution >= 0.6 is 0 Å². The molecule has 0 bridgehead atoms. The summed E-state index contributed by atoms with van der Waals surface area (Å²) in [5, 5.41) is 3.03. The van der Waals surface area contributed by atoms with E-state index >= 15 is 0 Å². The average Bonchev–Trinajstić information content (AvgIpc) is 3.20. The molecule has 0 spiro atoms. The third-order valence-electron chi connectivity index (χ3n) is 4.12. The molecule has 116 valence electrons. The molecule has 1 heterocycles. The minimum atomic E-state index is -3.48. The molecule has 1 saturated heterocycles. The zero-order valence-electron chi connectivity index (χ0n) is 12.2. The molecule has 1 aromatic rings. The topological polar surface area (TPSA) is 67.4 Å². The molecule has 2 fully saturated rings. The van der Waals surface area contributed by atoms with Gasteiger partial charge in [0.15, 0.2) is 0 Å². The Balaban J connectivity index is 1.75. The maximum absolute atomic E-state index is 12.5. The van der Waals surface area contributed by atoms with E-state index < -0.39 is 10.0 Å². The van der Waals surface area contributed by atoms with Gasteiger partial charge in [-0.2, -0.15) is 0 Å². The molecule has 21 heavy (non-hydrogen) atoms. The fourth-order valence-electron chi connectivity index (χ4n) is 2.92. The Bertz CT molecular complexity index is 599. The van der Waals surface area contributed by atoms with Crippen molar-refractivity contribution in [2.24, 2.45) is 5.92 Å². The van der Waals surface area contributed by atoms with Crippen molar-refractivity contribution in [3.63, 3.8) is 0 Å². The van der Waals surface area contributed by atoms with Crippen molar-refractivity contribution < 1.29 is 13.2 Å². The highest BCUT2D eigenvalue weighted by atomic mass is 32.2. The van der Waals surface area contributed by atoms with Crippen molar-refractivity contribution in [2.45, 2.75) is 42.8 Å². The molecule has 2 atom stereocenters. The van der Waals surface area contributed by atoms with Gasteiger partial charge in [0.2, 0.25) is 10.0 Å². The highest BCUT2D eigenvalue weighted by Crippen LogP contribution is 2.39. The Hall–Kier alpha value is -0.950. The van der Waals surface area contributed by atoms with Crippen LogP contribution in [0, 0.1) is 5.92 Å².